The van der Waals surface area contributed by atoms with Gasteiger partial charge in [-0.15, -0.1) is 0 Å². The van der Waals surface area contributed by atoms with E-state index < -0.39 is 21.7 Å². The van der Waals surface area contributed by atoms with Crippen LogP contribution in [-0.2, 0) is 19.6 Å². The Labute approximate surface area is 109 Å². The molecular formula is C11H13FN2O4S. The van der Waals surface area contributed by atoms with E-state index in [1.54, 1.807) is 0 Å². The first-order valence-electron chi connectivity index (χ1n) is 5.59. The molecule has 0 aromatic heterocycles. The number of halogens is 1. The maximum atomic E-state index is 13.2. The summed E-state index contributed by atoms with van der Waals surface area (Å²) in [7, 11) is -4.03. The molecule has 0 spiro atoms. The molecule has 0 bridgehead atoms. The fraction of sp³-hybridized carbons (Fsp3) is 0.364. The Balaban J connectivity index is 2.28. The highest BCUT2D eigenvalue weighted by molar-refractivity contribution is 7.89. The van der Waals surface area contributed by atoms with Crippen molar-refractivity contribution >= 4 is 21.6 Å². The third-order valence-corrected chi connectivity index (χ3v) is 3.78. The van der Waals surface area contributed by atoms with Crippen molar-refractivity contribution in [3.05, 3.63) is 24.0 Å². The van der Waals surface area contributed by atoms with E-state index in [0.29, 0.717) is 13.0 Å². The number of rotatable bonds is 3. The lowest BCUT2D eigenvalue weighted by Crippen LogP contribution is -2.25. The molecule has 0 radical (unpaired) electrons. The number of carbonyl (C=O) groups excluding carboxylic acids is 1. The quantitative estimate of drug-likeness (QED) is 0.843. The molecule has 6 nitrogen and oxygen atoms in total. The first kappa shape index (κ1) is 13.9. The van der Waals surface area contributed by atoms with Crippen molar-refractivity contribution in [3.63, 3.8) is 0 Å². The third kappa shape index (κ3) is 3.28. The molecule has 1 aliphatic rings. The van der Waals surface area contributed by atoms with Gasteiger partial charge in [0.15, 0.2) is 0 Å². The van der Waals surface area contributed by atoms with Gasteiger partial charge in [-0.1, -0.05) is 0 Å². The fourth-order valence-corrected chi connectivity index (χ4v) is 2.50. The summed E-state index contributed by atoms with van der Waals surface area (Å²) in [6.07, 6.45) is 0.547. The van der Waals surface area contributed by atoms with E-state index in [0.717, 1.165) is 18.2 Å². The van der Waals surface area contributed by atoms with Crippen LogP contribution in [0.15, 0.2) is 23.1 Å². The highest BCUT2D eigenvalue weighted by Crippen LogP contribution is 2.23. The second kappa shape index (κ2) is 5.24. The van der Waals surface area contributed by atoms with Crippen LogP contribution in [-0.4, -0.2) is 27.5 Å². The molecule has 1 aliphatic heterocycles. The molecule has 3 N–H and O–H groups in total. The summed E-state index contributed by atoms with van der Waals surface area (Å²) in [4.78, 5) is 11.5. The van der Waals surface area contributed by atoms with Gasteiger partial charge in [-0.05, 0) is 24.6 Å². The number of benzene rings is 1. The monoisotopic (exact) mass is 288 g/mol. The molecule has 8 heteroatoms. The summed E-state index contributed by atoms with van der Waals surface area (Å²) in [6.45, 7) is 0.745. The number of ether oxygens (including phenoxy) is 1. The highest BCUT2D eigenvalue weighted by atomic mass is 32.2. The Bertz CT molecular complexity index is 597. The van der Waals surface area contributed by atoms with Crippen LogP contribution in [0.25, 0.3) is 0 Å². The van der Waals surface area contributed by atoms with Gasteiger partial charge in [-0.2, -0.15) is 0 Å². The minimum absolute atomic E-state index is 0.153. The molecule has 1 fully saturated rings. The minimum atomic E-state index is -4.03. The van der Waals surface area contributed by atoms with E-state index in [1.165, 1.54) is 0 Å². The molecule has 1 aromatic rings. The average molecular weight is 288 g/mol. The van der Waals surface area contributed by atoms with Crippen molar-refractivity contribution in [2.75, 3.05) is 18.5 Å². The molecule has 19 heavy (non-hydrogen) atoms. The van der Waals surface area contributed by atoms with Gasteiger partial charge in [0.05, 0.1) is 18.2 Å². The summed E-state index contributed by atoms with van der Waals surface area (Å²) in [6, 6.07) is 2.91. The van der Waals surface area contributed by atoms with Gasteiger partial charge in [0.1, 0.15) is 10.7 Å². The number of nitrogens with two attached hydrogens (primary N) is 1. The van der Waals surface area contributed by atoms with Crippen LogP contribution in [0.4, 0.5) is 10.1 Å². The number of nitrogens with one attached hydrogen (secondary N) is 1. The standard InChI is InChI=1S/C11H13FN2O4S/c12-8-1-2-10(19(13,16)17)9(5-8)14-11(15)7-3-4-18-6-7/h1-2,5,7H,3-4,6H2,(H,14,15)(H2,13,16,17). The SMILES string of the molecule is NS(=O)(=O)c1ccc(F)cc1NC(=O)C1CCOC1. The predicted octanol–water partition coefficient (Wildman–Crippen LogP) is 0.448. The maximum absolute atomic E-state index is 13.2. The van der Waals surface area contributed by atoms with Crippen LogP contribution in [0.5, 0.6) is 0 Å². The Kier molecular flexibility index (Phi) is 3.83. The molecule has 104 valence electrons. The summed E-state index contributed by atoms with van der Waals surface area (Å²) < 4.78 is 40.9. The van der Waals surface area contributed by atoms with Crippen LogP contribution in [0.3, 0.4) is 0 Å². The lowest BCUT2D eigenvalue weighted by atomic mass is 10.1. The zero-order valence-corrected chi connectivity index (χ0v) is 10.7. The predicted molar refractivity (Wildman–Crippen MR) is 65.3 cm³/mol. The molecular weight excluding hydrogens is 275 g/mol. The van der Waals surface area contributed by atoms with E-state index >= 15 is 0 Å². The van der Waals surface area contributed by atoms with Crippen molar-refractivity contribution in [3.8, 4) is 0 Å². The van der Waals surface area contributed by atoms with E-state index in [2.05, 4.69) is 5.32 Å². The summed E-state index contributed by atoms with van der Waals surface area (Å²) in [5.41, 5.74) is -0.153. The fourth-order valence-electron chi connectivity index (χ4n) is 1.82. The Morgan fingerprint density at radius 2 is 2.21 bits per heavy atom. The van der Waals surface area contributed by atoms with E-state index in [1.807, 2.05) is 0 Å². The van der Waals surface area contributed by atoms with E-state index in [9.17, 15) is 17.6 Å². The van der Waals surface area contributed by atoms with Gasteiger partial charge >= 0.3 is 0 Å². The van der Waals surface area contributed by atoms with Crippen molar-refractivity contribution < 1.29 is 22.3 Å². The first-order valence-corrected chi connectivity index (χ1v) is 7.13. The molecule has 1 saturated heterocycles. The lowest BCUT2D eigenvalue weighted by Gasteiger charge is -2.12. The van der Waals surface area contributed by atoms with Crippen LogP contribution in [0.1, 0.15) is 6.42 Å². The number of sulfonamides is 1. The largest absolute Gasteiger partial charge is 0.381 e. The Hall–Kier alpha value is -1.51. The van der Waals surface area contributed by atoms with Gasteiger partial charge in [-0.25, -0.2) is 17.9 Å². The summed E-state index contributed by atoms with van der Waals surface area (Å²) in [5, 5.41) is 7.39. The highest BCUT2D eigenvalue weighted by Gasteiger charge is 2.25. The molecule has 2 rings (SSSR count). The topological polar surface area (TPSA) is 98.5 Å². The maximum Gasteiger partial charge on any atom is 0.240 e. The molecule has 0 saturated carbocycles. The van der Waals surface area contributed by atoms with Gasteiger partial charge in [0.25, 0.3) is 0 Å². The van der Waals surface area contributed by atoms with Gasteiger partial charge in [0, 0.05) is 6.61 Å². The lowest BCUT2D eigenvalue weighted by molar-refractivity contribution is -0.119. The van der Waals surface area contributed by atoms with Crippen molar-refractivity contribution in [1.82, 2.24) is 0 Å². The Morgan fingerprint density at radius 3 is 2.79 bits per heavy atom. The van der Waals surface area contributed by atoms with Gasteiger partial charge in [-0.3, -0.25) is 4.79 Å². The number of anilines is 1. The van der Waals surface area contributed by atoms with Gasteiger partial charge in [0.2, 0.25) is 15.9 Å². The third-order valence-electron chi connectivity index (χ3n) is 2.81. The van der Waals surface area contributed by atoms with Crippen molar-refractivity contribution in [1.29, 1.82) is 0 Å². The smallest absolute Gasteiger partial charge is 0.240 e. The zero-order valence-electron chi connectivity index (χ0n) is 9.93. The zero-order chi connectivity index (χ0) is 14.0. The minimum Gasteiger partial charge on any atom is -0.381 e. The molecule has 1 amide bonds. The molecule has 1 aromatic carbocycles. The second-order valence-corrected chi connectivity index (χ2v) is 5.77. The summed E-state index contributed by atoms with van der Waals surface area (Å²) >= 11 is 0. The van der Waals surface area contributed by atoms with E-state index in [-0.39, 0.29) is 23.1 Å². The second-order valence-electron chi connectivity index (χ2n) is 4.24. The van der Waals surface area contributed by atoms with E-state index in [4.69, 9.17) is 9.88 Å². The number of hydrogen-bond acceptors (Lipinski definition) is 4. The number of amides is 1. The van der Waals surface area contributed by atoms with Crippen LogP contribution in [0.2, 0.25) is 0 Å². The molecule has 1 atom stereocenters. The van der Waals surface area contributed by atoms with Crippen LogP contribution >= 0.6 is 0 Å². The van der Waals surface area contributed by atoms with Gasteiger partial charge < -0.3 is 10.1 Å². The number of primary sulfonamides is 1. The molecule has 1 unspecified atom stereocenters. The molecule has 0 aliphatic carbocycles. The molecule has 1 heterocycles. The normalized spacial score (nSPS) is 19.4. The first-order chi connectivity index (χ1) is 8.88. The Morgan fingerprint density at radius 1 is 1.47 bits per heavy atom. The van der Waals surface area contributed by atoms with Crippen molar-refractivity contribution in [2.45, 2.75) is 11.3 Å². The number of carbonyl (C=O) groups is 1. The van der Waals surface area contributed by atoms with Crippen LogP contribution in [0, 0.1) is 11.7 Å². The average Bonchev–Trinajstić information content (AvgIpc) is 2.80. The number of hydrogen-bond donors (Lipinski definition) is 2. The van der Waals surface area contributed by atoms with Crippen LogP contribution < -0.4 is 10.5 Å². The van der Waals surface area contributed by atoms with Crippen molar-refractivity contribution in [2.24, 2.45) is 11.1 Å². The summed E-state index contributed by atoms with van der Waals surface area (Å²) in [5.74, 6) is -1.44.